The number of furan rings is 1. The third-order valence-corrected chi connectivity index (χ3v) is 4.20. The van der Waals surface area contributed by atoms with Crippen molar-refractivity contribution in [3.8, 4) is 11.3 Å². The number of carbonyl (C=O) groups is 1. The summed E-state index contributed by atoms with van der Waals surface area (Å²) in [5.41, 5.74) is 0.940. The monoisotopic (exact) mass is 321 g/mol. The van der Waals surface area contributed by atoms with Gasteiger partial charge in [0, 0.05) is 10.6 Å². The second kappa shape index (κ2) is 5.44. The molecule has 6 heteroatoms. The molecular weight excluding hydrogens is 314 g/mol. The highest BCUT2D eigenvalue weighted by atomic mass is 35.5. The lowest BCUT2D eigenvalue weighted by molar-refractivity contribution is 0.265. The van der Waals surface area contributed by atoms with Gasteiger partial charge in [-0.15, -0.1) is 0 Å². The molecule has 1 saturated heterocycles. The summed E-state index contributed by atoms with van der Waals surface area (Å²) < 4.78 is 5.72. The molecule has 0 aliphatic carbocycles. The molecule has 0 unspecified atom stereocenters. The molecule has 0 radical (unpaired) electrons. The van der Waals surface area contributed by atoms with E-state index in [4.69, 9.17) is 28.2 Å². The lowest BCUT2D eigenvalue weighted by Gasteiger charge is -1.97. The van der Waals surface area contributed by atoms with Gasteiger partial charge in [0.2, 0.25) is 0 Å². The Morgan fingerprint density at radius 2 is 1.95 bits per heavy atom. The van der Waals surface area contributed by atoms with Crippen LogP contribution in [0.5, 0.6) is 0 Å². The first kappa shape index (κ1) is 13.4. The van der Waals surface area contributed by atoms with Crippen molar-refractivity contribution in [2.45, 2.75) is 0 Å². The smallest absolute Gasteiger partial charge is 0.289 e. The summed E-state index contributed by atoms with van der Waals surface area (Å²) >= 11 is 12.0. The molecule has 20 heavy (non-hydrogen) atoms. The first-order chi connectivity index (χ1) is 9.61. The Labute approximate surface area is 130 Å². The Morgan fingerprint density at radius 1 is 1.20 bits per heavy atom. The number of halogens is 1. The van der Waals surface area contributed by atoms with E-state index in [9.17, 15) is 4.79 Å². The van der Waals surface area contributed by atoms with E-state index in [1.165, 1.54) is 0 Å². The fraction of sp³-hybridized carbons (Fsp3) is 0. The largest absolute Gasteiger partial charge is 0.457 e. The van der Waals surface area contributed by atoms with E-state index in [2.05, 4.69) is 5.32 Å². The van der Waals surface area contributed by atoms with Crippen LogP contribution in [0.15, 0.2) is 45.7 Å². The van der Waals surface area contributed by atoms with Crippen LogP contribution in [0.1, 0.15) is 5.76 Å². The lowest BCUT2D eigenvalue weighted by atomic mass is 10.2. The minimum atomic E-state index is -0.161. The number of hydrogen-bond donors (Lipinski definition) is 1. The summed E-state index contributed by atoms with van der Waals surface area (Å²) in [6, 6.07) is 11.1. The molecule has 0 spiro atoms. The van der Waals surface area contributed by atoms with Crippen LogP contribution in [-0.4, -0.2) is 10.2 Å². The minimum absolute atomic E-state index is 0.161. The Balaban J connectivity index is 1.87. The van der Waals surface area contributed by atoms with Crippen molar-refractivity contribution in [2.24, 2.45) is 0 Å². The second-order valence-corrected chi connectivity index (χ2v) is 5.92. The van der Waals surface area contributed by atoms with Gasteiger partial charge in [-0.2, -0.15) is 0 Å². The summed E-state index contributed by atoms with van der Waals surface area (Å²) in [6.07, 6.45) is 1.75. The van der Waals surface area contributed by atoms with Gasteiger partial charge in [0.15, 0.2) is 0 Å². The van der Waals surface area contributed by atoms with Crippen molar-refractivity contribution in [3.05, 3.63) is 52.1 Å². The van der Waals surface area contributed by atoms with Crippen LogP contribution in [0, 0.1) is 0 Å². The lowest BCUT2D eigenvalue weighted by Crippen LogP contribution is -2.15. The van der Waals surface area contributed by atoms with E-state index >= 15 is 0 Å². The van der Waals surface area contributed by atoms with Crippen molar-refractivity contribution in [2.75, 3.05) is 0 Å². The summed E-state index contributed by atoms with van der Waals surface area (Å²) in [5, 5.41) is 3.08. The van der Waals surface area contributed by atoms with Crippen LogP contribution in [0.3, 0.4) is 0 Å². The molecule has 0 atom stereocenters. The SMILES string of the molecule is O=C1NC(=S)/C(=C/c2ccc(-c3ccc(Cl)cc3)o2)S1. The molecule has 1 aromatic carbocycles. The van der Waals surface area contributed by atoms with Gasteiger partial charge in [0.1, 0.15) is 16.5 Å². The van der Waals surface area contributed by atoms with E-state index in [0.717, 1.165) is 23.1 Å². The number of rotatable bonds is 2. The highest BCUT2D eigenvalue weighted by molar-refractivity contribution is 8.19. The van der Waals surface area contributed by atoms with E-state index in [1.54, 1.807) is 6.08 Å². The summed E-state index contributed by atoms with van der Waals surface area (Å²) in [6.45, 7) is 0. The molecule has 2 aromatic rings. The molecular formula is C14H8ClNO2S2. The quantitative estimate of drug-likeness (QED) is 0.641. The number of thioether (sulfide) groups is 1. The maximum Gasteiger partial charge on any atom is 0.289 e. The van der Waals surface area contributed by atoms with Gasteiger partial charge in [-0.05, 0) is 54.2 Å². The first-order valence-electron chi connectivity index (χ1n) is 5.72. The van der Waals surface area contributed by atoms with Crippen molar-refractivity contribution >= 4 is 51.9 Å². The molecule has 100 valence electrons. The highest BCUT2D eigenvalue weighted by Crippen LogP contribution is 2.29. The molecule has 1 N–H and O–H groups in total. The Bertz CT molecular complexity index is 719. The van der Waals surface area contributed by atoms with Gasteiger partial charge in [-0.3, -0.25) is 4.79 Å². The van der Waals surface area contributed by atoms with Crippen LogP contribution in [0.2, 0.25) is 5.02 Å². The predicted octanol–water partition coefficient (Wildman–Crippen LogP) is 4.72. The predicted molar refractivity (Wildman–Crippen MR) is 85.9 cm³/mol. The number of carbonyl (C=O) groups excluding carboxylic acids is 1. The van der Waals surface area contributed by atoms with E-state index in [1.807, 2.05) is 36.4 Å². The van der Waals surface area contributed by atoms with Crippen LogP contribution in [0.25, 0.3) is 17.4 Å². The van der Waals surface area contributed by atoms with E-state index in [0.29, 0.717) is 20.7 Å². The molecule has 1 aromatic heterocycles. The Hall–Kier alpha value is -1.56. The Kier molecular flexibility index (Phi) is 3.65. The zero-order valence-electron chi connectivity index (χ0n) is 10.1. The van der Waals surface area contributed by atoms with Gasteiger partial charge < -0.3 is 9.73 Å². The number of nitrogens with one attached hydrogen (secondary N) is 1. The van der Waals surface area contributed by atoms with Gasteiger partial charge in [0.05, 0.1) is 4.91 Å². The maximum absolute atomic E-state index is 11.2. The molecule has 0 saturated carbocycles. The van der Waals surface area contributed by atoms with Gasteiger partial charge in [0.25, 0.3) is 5.24 Å². The normalized spacial score (nSPS) is 16.8. The Morgan fingerprint density at radius 3 is 2.60 bits per heavy atom. The molecule has 1 amide bonds. The van der Waals surface area contributed by atoms with Crippen LogP contribution < -0.4 is 5.32 Å². The number of amides is 1. The standard InChI is InChI=1S/C14H8ClNO2S2/c15-9-3-1-8(2-4-9)11-6-5-10(18-11)7-12-13(19)16-14(17)20-12/h1-7H,(H,16,17,19)/b12-7-. The number of thiocarbonyl (C=S) groups is 1. The first-order valence-corrected chi connectivity index (χ1v) is 7.33. The fourth-order valence-electron chi connectivity index (χ4n) is 1.75. The number of benzene rings is 1. The summed E-state index contributed by atoms with van der Waals surface area (Å²) in [7, 11) is 0. The summed E-state index contributed by atoms with van der Waals surface area (Å²) in [5.74, 6) is 1.39. The minimum Gasteiger partial charge on any atom is -0.457 e. The molecule has 2 heterocycles. The van der Waals surface area contributed by atoms with Gasteiger partial charge >= 0.3 is 0 Å². The fourth-order valence-corrected chi connectivity index (χ4v) is 2.89. The van der Waals surface area contributed by atoms with E-state index in [-0.39, 0.29) is 5.24 Å². The third kappa shape index (κ3) is 2.80. The molecule has 1 fully saturated rings. The van der Waals surface area contributed by atoms with Crippen molar-refractivity contribution in [1.82, 2.24) is 5.32 Å². The average Bonchev–Trinajstić information content (AvgIpc) is 2.98. The molecule has 0 bridgehead atoms. The zero-order valence-corrected chi connectivity index (χ0v) is 12.4. The van der Waals surface area contributed by atoms with Gasteiger partial charge in [-0.25, -0.2) is 0 Å². The van der Waals surface area contributed by atoms with Crippen LogP contribution in [0.4, 0.5) is 4.79 Å². The molecule has 1 aliphatic rings. The van der Waals surface area contributed by atoms with E-state index < -0.39 is 0 Å². The van der Waals surface area contributed by atoms with Crippen molar-refractivity contribution in [1.29, 1.82) is 0 Å². The highest BCUT2D eigenvalue weighted by Gasteiger charge is 2.21. The molecule has 3 nitrogen and oxygen atoms in total. The van der Waals surface area contributed by atoms with Gasteiger partial charge in [-0.1, -0.05) is 23.8 Å². The van der Waals surface area contributed by atoms with Crippen LogP contribution in [-0.2, 0) is 0 Å². The van der Waals surface area contributed by atoms with Crippen molar-refractivity contribution in [3.63, 3.8) is 0 Å². The topological polar surface area (TPSA) is 42.2 Å². The molecule has 3 rings (SSSR count). The van der Waals surface area contributed by atoms with Crippen molar-refractivity contribution < 1.29 is 9.21 Å². The zero-order chi connectivity index (χ0) is 14.1. The third-order valence-electron chi connectivity index (χ3n) is 2.67. The average molecular weight is 322 g/mol. The number of hydrogen-bond acceptors (Lipinski definition) is 4. The molecule has 1 aliphatic heterocycles. The van der Waals surface area contributed by atoms with Crippen LogP contribution >= 0.6 is 35.6 Å². The summed E-state index contributed by atoms with van der Waals surface area (Å²) in [4.78, 5) is 12.3. The maximum atomic E-state index is 11.2. The second-order valence-electron chi connectivity index (χ2n) is 4.06.